The van der Waals surface area contributed by atoms with Crippen molar-refractivity contribution in [2.24, 2.45) is 11.5 Å². The fourth-order valence-electron chi connectivity index (χ4n) is 0.704. The highest BCUT2D eigenvalue weighted by molar-refractivity contribution is 5.73. The monoisotopic (exact) mass is 162 g/mol. The van der Waals surface area contributed by atoms with Crippen molar-refractivity contribution in [2.75, 3.05) is 6.54 Å². The highest BCUT2D eigenvalue weighted by Gasteiger charge is 2.15. The van der Waals surface area contributed by atoms with Crippen molar-refractivity contribution < 1.29 is 15.0 Å². The predicted molar refractivity (Wildman–Crippen MR) is 39.9 cm³/mol. The van der Waals surface area contributed by atoms with E-state index in [0.717, 1.165) is 0 Å². The second-order valence-corrected chi connectivity index (χ2v) is 2.41. The summed E-state index contributed by atoms with van der Waals surface area (Å²) in [6, 6.07) is -0.989. The Labute approximate surface area is 65.0 Å². The van der Waals surface area contributed by atoms with Crippen LogP contribution in [-0.2, 0) is 4.79 Å². The van der Waals surface area contributed by atoms with Gasteiger partial charge >= 0.3 is 5.97 Å². The molecule has 0 bridgehead atoms. The molecule has 2 unspecified atom stereocenters. The summed E-state index contributed by atoms with van der Waals surface area (Å²) in [7, 11) is 0. The van der Waals surface area contributed by atoms with E-state index in [1.54, 1.807) is 0 Å². The third-order valence-corrected chi connectivity index (χ3v) is 1.34. The largest absolute Gasteiger partial charge is 0.480 e. The first-order valence-corrected chi connectivity index (χ1v) is 3.44. The molecule has 0 aliphatic heterocycles. The summed E-state index contributed by atoms with van der Waals surface area (Å²) in [5, 5.41) is 17.4. The van der Waals surface area contributed by atoms with Crippen LogP contribution in [0.3, 0.4) is 0 Å². The standard InChI is InChI=1S/C6H14N2O3/c7-2-1-4(9)3-5(8)6(10)11/h4-5,9H,1-3,7-8H2,(H,10,11). The third-order valence-electron chi connectivity index (χ3n) is 1.34. The minimum atomic E-state index is -1.10. The van der Waals surface area contributed by atoms with Crippen LogP contribution < -0.4 is 11.5 Å². The lowest BCUT2D eigenvalue weighted by Crippen LogP contribution is -2.34. The molecule has 0 radical (unpaired) electrons. The van der Waals surface area contributed by atoms with Gasteiger partial charge in [-0.25, -0.2) is 0 Å². The second-order valence-electron chi connectivity index (χ2n) is 2.41. The highest BCUT2D eigenvalue weighted by Crippen LogP contribution is 1.99. The van der Waals surface area contributed by atoms with E-state index in [1.165, 1.54) is 0 Å². The molecule has 0 aliphatic rings. The van der Waals surface area contributed by atoms with Crippen molar-refractivity contribution in [2.45, 2.75) is 25.0 Å². The van der Waals surface area contributed by atoms with Gasteiger partial charge < -0.3 is 21.7 Å². The fourth-order valence-corrected chi connectivity index (χ4v) is 0.704. The molecule has 5 heteroatoms. The number of nitrogens with two attached hydrogens (primary N) is 2. The van der Waals surface area contributed by atoms with Crippen molar-refractivity contribution in [3.8, 4) is 0 Å². The molecule has 0 amide bonds. The van der Waals surface area contributed by atoms with Crippen LogP contribution in [0, 0.1) is 0 Å². The van der Waals surface area contributed by atoms with Crippen LogP contribution >= 0.6 is 0 Å². The Morgan fingerprint density at radius 3 is 2.45 bits per heavy atom. The van der Waals surface area contributed by atoms with Crippen LogP contribution in [0.4, 0.5) is 0 Å². The third kappa shape index (κ3) is 4.72. The van der Waals surface area contributed by atoms with E-state index in [0.29, 0.717) is 13.0 Å². The molecule has 0 aromatic carbocycles. The van der Waals surface area contributed by atoms with Crippen LogP contribution in [0.1, 0.15) is 12.8 Å². The summed E-state index contributed by atoms with van der Waals surface area (Å²) < 4.78 is 0. The summed E-state index contributed by atoms with van der Waals surface area (Å²) in [5.41, 5.74) is 10.3. The van der Waals surface area contributed by atoms with Crippen LogP contribution in [0.15, 0.2) is 0 Å². The molecule has 0 saturated heterocycles. The Balaban J connectivity index is 3.56. The summed E-state index contributed by atoms with van der Waals surface area (Å²) in [6.45, 7) is 0.341. The number of carboxylic acids is 1. The molecule has 0 heterocycles. The van der Waals surface area contributed by atoms with E-state index in [1.807, 2.05) is 0 Å². The Kier molecular flexibility index (Phi) is 4.76. The van der Waals surface area contributed by atoms with Gasteiger partial charge in [-0.3, -0.25) is 4.79 Å². The zero-order chi connectivity index (χ0) is 8.85. The minimum Gasteiger partial charge on any atom is -0.480 e. The topological polar surface area (TPSA) is 110 Å². The Hall–Kier alpha value is -0.650. The SMILES string of the molecule is NCCC(O)CC(N)C(=O)O. The second kappa shape index (κ2) is 5.06. The summed E-state index contributed by atoms with van der Waals surface area (Å²) in [5.74, 6) is -1.10. The lowest BCUT2D eigenvalue weighted by molar-refractivity contribution is -0.139. The van der Waals surface area contributed by atoms with Crippen molar-refractivity contribution in [1.29, 1.82) is 0 Å². The normalized spacial score (nSPS) is 15.9. The number of aliphatic carboxylic acids is 1. The zero-order valence-corrected chi connectivity index (χ0v) is 6.23. The van der Waals surface area contributed by atoms with Gasteiger partial charge in [-0.2, -0.15) is 0 Å². The molecule has 0 aliphatic carbocycles. The molecule has 0 fully saturated rings. The molecule has 0 aromatic rings. The van der Waals surface area contributed by atoms with Crippen molar-refractivity contribution in [3.05, 3.63) is 0 Å². The molecular weight excluding hydrogens is 148 g/mol. The maximum atomic E-state index is 10.2. The molecule has 0 saturated carbocycles. The number of carboxylic acid groups (broad SMARTS) is 1. The van der Waals surface area contributed by atoms with Crippen molar-refractivity contribution >= 4 is 5.97 Å². The Morgan fingerprint density at radius 1 is 1.55 bits per heavy atom. The van der Waals surface area contributed by atoms with Gasteiger partial charge in [-0.1, -0.05) is 0 Å². The quantitative estimate of drug-likeness (QED) is 0.393. The number of rotatable bonds is 5. The molecule has 5 nitrogen and oxygen atoms in total. The molecule has 6 N–H and O–H groups in total. The Bertz CT molecular complexity index is 129. The fraction of sp³-hybridized carbons (Fsp3) is 0.833. The van der Waals surface area contributed by atoms with Crippen molar-refractivity contribution in [3.63, 3.8) is 0 Å². The first-order chi connectivity index (χ1) is 5.07. The average molecular weight is 162 g/mol. The van der Waals surface area contributed by atoms with Crippen LogP contribution in [-0.4, -0.2) is 34.9 Å². The number of carbonyl (C=O) groups is 1. The van der Waals surface area contributed by atoms with Gasteiger partial charge in [0.15, 0.2) is 0 Å². The van der Waals surface area contributed by atoms with Gasteiger partial charge in [0, 0.05) is 0 Å². The molecule has 66 valence electrons. The summed E-state index contributed by atoms with van der Waals surface area (Å²) in [4.78, 5) is 10.2. The predicted octanol–water partition coefficient (Wildman–Crippen LogP) is -1.50. The van der Waals surface area contributed by atoms with Gasteiger partial charge in [-0.15, -0.1) is 0 Å². The van der Waals surface area contributed by atoms with Gasteiger partial charge in [0.25, 0.3) is 0 Å². The minimum absolute atomic E-state index is 0.0620. The molecule has 2 atom stereocenters. The first-order valence-electron chi connectivity index (χ1n) is 3.44. The maximum Gasteiger partial charge on any atom is 0.320 e. The van der Waals surface area contributed by atoms with Crippen LogP contribution in [0.2, 0.25) is 0 Å². The van der Waals surface area contributed by atoms with Crippen molar-refractivity contribution in [1.82, 2.24) is 0 Å². The lowest BCUT2D eigenvalue weighted by atomic mass is 10.1. The van der Waals surface area contributed by atoms with E-state index in [-0.39, 0.29) is 6.42 Å². The van der Waals surface area contributed by atoms with Gasteiger partial charge in [0.05, 0.1) is 6.10 Å². The summed E-state index contributed by atoms with van der Waals surface area (Å²) >= 11 is 0. The first kappa shape index (κ1) is 10.3. The van der Waals surface area contributed by atoms with Crippen LogP contribution in [0.5, 0.6) is 0 Å². The zero-order valence-electron chi connectivity index (χ0n) is 6.23. The van der Waals surface area contributed by atoms with E-state index >= 15 is 0 Å². The van der Waals surface area contributed by atoms with E-state index in [9.17, 15) is 4.79 Å². The van der Waals surface area contributed by atoms with Gasteiger partial charge in [0.1, 0.15) is 6.04 Å². The molecule has 0 aromatic heterocycles. The molecular formula is C6H14N2O3. The average Bonchev–Trinajstić information content (AvgIpc) is 1.87. The number of aliphatic hydroxyl groups is 1. The van der Waals surface area contributed by atoms with Gasteiger partial charge in [0.2, 0.25) is 0 Å². The number of aliphatic hydroxyl groups excluding tert-OH is 1. The van der Waals surface area contributed by atoms with E-state index in [2.05, 4.69) is 0 Å². The van der Waals surface area contributed by atoms with E-state index in [4.69, 9.17) is 21.7 Å². The number of hydrogen-bond donors (Lipinski definition) is 4. The number of hydrogen-bond acceptors (Lipinski definition) is 4. The molecule has 0 spiro atoms. The smallest absolute Gasteiger partial charge is 0.320 e. The van der Waals surface area contributed by atoms with E-state index < -0.39 is 18.1 Å². The molecule has 11 heavy (non-hydrogen) atoms. The summed E-state index contributed by atoms with van der Waals surface area (Å²) in [6.07, 6.45) is -0.251. The lowest BCUT2D eigenvalue weighted by Gasteiger charge is -2.11. The highest BCUT2D eigenvalue weighted by atomic mass is 16.4. The van der Waals surface area contributed by atoms with Crippen LogP contribution in [0.25, 0.3) is 0 Å². The van der Waals surface area contributed by atoms with Gasteiger partial charge in [-0.05, 0) is 19.4 Å². The maximum absolute atomic E-state index is 10.2. The molecule has 0 rings (SSSR count). The Morgan fingerprint density at radius 2 is 2.09 bits per heavy atom.